The lowest BCUT2D eigenvalue weighted by atomic mass is 9.99. The van der Waals surface area contributed by atoms with Crippen LogP contribution in [0.25, 0.3) is 0 Å². The van der Waals surface area contributed by atoms with E-state index in [9.17, 15) is 8.42 Å². The summed E-state index contributed by atoms with van der Waals surface area (Å²) >= 11 is 0. The summed E-state index contributed by atoms with van der Waals surface area (Å²) in [6.07, 6.45) is 2.89. The Bertz CT molecular complexity index is 764. The first kappa shape index (κ1) is 17.7. The minimum absolute atomic E-state index is 0.315. The Labute approximate surface area is 139 Å². The van der Waals surface area contributed by atoms with Crippen LogP contribution in [0.2, 0.25) is 0 Å². The Morgan fingerprint density at radius 1 is 1.26 bits per heavy atom. The molecule has 0 amide bonds. The Balaban J connectivity index is 2.21. The molecule has 5 nitrogen and oxygen atoms in total. The van der Waals surface area contributed by atoms with Crippen LogP contribution in [-0.4, -0.2) is 29.6 Å². The highest BCUT2D eigenvalue weighted by molar-refractivity contribution is 7.89. The van der Waals surface area contributed by atoms with Gasteiger partial charge in [-0.2, -0.15) is 9.40 Å². The SMILES string of the molecule is CC[C@@H](C)c1ccc(S(=O)(=O)N(C)Cc2cn(C)nc2C)cc1. The van der Waals surface area contributed by atoms with Crippen molar-refractivity contribution in [1.82, 2.24) is 14.1 Å². The van der Waals surface area contributed by atoms with Crippen molar-refractivity contribution in [2.24, 2.45) is 7.05 Å². The zero-order valence-electron chi connectivity index (χ0n) is 14.4. The molecule has 0 radical (unpaired) electrons. The smallest absolute Gasteiger partial charge is 0.243 e. The fourth-order valence-electron chi connectivity index (χ4n) is 2.51. The minimum atomic E-state index is -3.50. The topological polar surface area (TPSA) is 55.2 Å². The molecule has 0 aliphatic heterocycles. The van der Waals surface area contributed by atoms with Crippen LogP contribution in [0.1, 0.15) is 43.0 Å². The Morgan fingerprint density at radius 3 is 2.35 bits per heavy atom. The van der Waals surface area contributed by atoms with Gasteiger partial charge in [0.2, 0.25) is 10.0 Å². The Kier molecular flexibility index (Phi) is 5.26. The third kappa shape index (κ3) is 3.82. The molecule has 0 bridgehead atoms. The number of aromatic nitrogens is 2. The maximum absolute atomic E-state index is 12.7. The number of benzene rings is 1. The molecule has 1 heterocycles. The first-order chi connectivity index (χ1) is 10.8. The van der Waals surface area contributed by atoms with Gasteiger partial charge in [0.05, 0.1) is 10.6 Å². The van der Waals surface area contributed by atoms with Crippen molar-refractivity contribution in [3.05, 3.63) is 47.3 Å². The number of sulfonamides is 1. The fraction of sp³-hybridized carbons (Fsp3) is 0.471. The highest BCUT2D eigenvalue weighted by Gasteiger charge is 2.22. The van der Waals surface area contributed by atoms with E-state index in [2.05, 4.69) is 18.9 Å². The minimum Gasteiger partial charge on any atom is -0.275 e. The van der Waals surface area contributed by atoms with Gasteiger partial charge in [0.1, 0.15) is 0 Å². The van der Waals surface area contributed by atoms with E-state index in [1.165, 1.54) is 4.31 Å². The first-order valence-corrected chi connectivity index (χ1v) is 9.25. The van der Waals surface area contributed by atoms with Crippen LogP contribution in [0.3, 0.4) is 0 Å². The number of hydrogen-bond donors (Lipinski definition) is 0. The molecule has 1 atom stereocenters. The van der Waals surface area contributed by atoms with E-state index < -0.39 is 10.0 Å². The van der Waals surface area contributed by atoms with Crippen molar-refractivity contribution in [2.45, 2.75) is 44.6 Å². The van der Waals surface area contributed by atoms with Crippen molar-refractivity contribution in [1.29, 1.82) is 0 Å². The molecule has 2 aromatic rings. The van der Waals surface area contributed by atoms with E-state index in [4.69, 9.17) is 0 Å². The van der Waals surface area contributed by atoms with Crippen LogP contribution in [0.15, 0.2) is 35.4 Å². The third-order valence-corrected chi connectivity index (χ3v) is 6.10. The van der Waals surface area contributed by atoms with Crippen molar-refractivity contribution in [3.63, 3.8) is 0 Å². The summed E-state index contributed by atoms with van der Waals surface area (Å²) < 4.78 is 28.5. The predicted octanol–water partition coefficient (Wildman–Crippen LogP) is 3.06. The van der Waals surface area contributed by atoms with Crippen molar-refractivity contribution >= 4 is 10.0 Å². The lowest BCUT2D eigenvalue weighted by Crippen LogP contribution is -2.26. The van der Waals surface area contributed by atoms with Crippen LogP contribution >= 0.6 is 0 Å². The molecule has 0 unspecified atom stereocenters. The average Bonchev–Trinajstić information content (AvgIpc) is 2.84. The monoisotopic (exact) mass is 335 g/mol. The van der Waals surface area contributed by atoms with Gasteiger partial charge in [-0.1, -0.05) is 26.0 Å². The van der Waals surface area contributed by atoms with E-state index >= 15 is 0 Å². The second-order valence-electron chi connectivity index (χ2n) is 6.05. The van der Waals surface area contributed by atoms with E-state index in [0.717, 1.165) is 23.2 Å². The van der Waals surface area contributed by atoms with Gasteiger partial charge in [-0.05, 0) is 37.0 Å². The summed E-state index contributed by atoms with van der Waals surface area (Å²) in [6.45, 7) is 6.46. The molecule has 23 heavy (non-hydrogen) atoms. The van der Waals surface area contributed by atoms with Crippen molar-refractivity contribution < 1.29 is 8.42 Å². The van der Waals surface area contributed by atoms with E-state index in [1.807, 2.05) is 32.3 Å². The Morgan fingerprint density at radius 2 is 1.87 bits per heavy atom. The number of hydrogen-bond acceptors (Lipinski definition) is 3. The van der Waals surface area contributed by atoms with Gasteiger partial charge in [-0.25, -0.2) is 8.42 Å². The third-order valence-electron chi connectivity index (χ3n) is 4.28. The van der Waals surface area contributed by atoms with Crippen molar-refractivity contribution in [3.8, 4) is 0 Å². The second-order valence-corrected chi connectivity index (χ2v) is 8.10. The zero-order chi connectivity index (χ0) is 17.2. The van der Waals surface area contributed by atoms with E-state index in [1.54, 1.807) is 23.9 Å². The molecule has 126 valence electrons. The summed E-state index contributed by atoms with van der Waals surface area (Å²) in [5.41, 5.74) is 2.92. The quantitative estimate of drug-likeness (QED) is 0.815. The summed E-state index contributed by atoms with van der Waals surface area (Å²) in [5, 5.41) is 4.25. The molecule has 0 saturated carbocycles. The molecule has 0 N–H and O–H groups in total. The van der Waals surface area contributed by atoms with Gasteiger partial charge in [-0.3, -0.25) is 4.68 Å². The van der Waals surface area contributed by atoms with E-state index in [0.29, 0.717) is 17.4 Å². The Hall–Kier alpha value is -1.66. The van der Waals surface area contributed by atoms with Crippen LogP contribution < -0.4 is 0 Å². The maximum Gasteiger partial charge on any atom is 0.243 e. The van der Waals surface area contributed by atoms with Crippen molar-refractivity contribution in [2.75, 3.05) is 7.05 Å². The zero-order valence-corrected chi connectivity index (χ0v) is 15.3. The molecular weight excluding hydrogens is 310 g/mol. The van der Waals surface area contributed by atoms with Gasteiger partial charge in [0.25, 0.3) is 0 Å². The number of nitrogens with zero attached hydrogens (tertiary/aromatic N) is 3. The average molecular weight is 335 g/mol. The van der Waals surface area contributed by atoms with Crippen LogP contribution in [0.4, 0.5) is 0 Å². The second kappa shape index (κ2) is 6.84. The molecule has 0 fully saturated rings. The van der Waals surface area contributed by atoms with Gasteiger partial charge in [0.15, 0.2) is 0 Å². The summed E-state index contributed by atoms with van der Waals surface area (Å²) in [4.78, 5) is 0.327. The normalized spacial score (nSPS) is 13.5. The van der Waals surface area contributed by atoms with Crippen LogP contribution in [0.5, 0.6) is 0 Å². The standard InChI is InChI=1S/C17H25N3O2S/c1-6-13(2)15-7-9-17(10-8-15)23(21,22)20(5)12-16-11-19(4)18-14(16)3/h7-11,13H,6,12H2,1-5H3/t13-/m1/s1. The number of rotatable bonds is 6. The summed E-state index contributed by atoms with van der Waals surface area (Å²) in [7, 11) is -0.0641. The van der Waals surface area contributed by atoms with Gasteiger partial charge < -0.3 is 0 Å². The van der Waals surface area contributed by atoms with Crippen LogP contribution in [0, 0.1) is 6.92 Å². The molecule has 0 saturated heterocycles. The van der Waals surface area contributed by atoms with Gasteiger partial charge in [-0.15, -0.1) is 0 Å². The highest BCUT2D eigenvalue weighted by atomic mass is 32.2. The van der Waals surface area contributed by atoms with Crippen LogP contribution in [-0.2, 0) is 23.6 Å². The predicted molar refractivity (Wildman–Crippen MR) is 91.7 cm³/mol. The maximum atomic E-state index is 12.7. The first-order valence-electron chi connectivity index (χ1n) is 7.81. The molecule has 1 aromatic carbocycles. The summed E-state index contributed by atoms with van der Waals surface area (Å²) in [5.74, 6) is 0.433. The molecule has 1 aromatic heterocycles. The van der Waals surface area contributed by atoms with Gasteiger partial charge in [0, 0.05) is 32.4 Å². The molecule has 2 rings (SSSR count). The molecule has 6 heteroatoms. The van der Waals surface area contributed by atoms with E-state index in [-0.39, 0.29) is 0 Å². The fourth-order valence-corrected chi connectivity index (χ4v) is 3.66. The lowest BCUT2D eigenvalue weighted by molar-refractivity contribution is 0.466. The summed E-state index contributed by atoms with van der Waals surface area (Å²) in [6, 6.07) is 7.21. The molecular formula is C17H25N3O2S. The largest absolute Gasteiger partial charge is 0.275 e. The molecule has 0 aliphatic rings. The molecule has 0 spiro atoms. The number of aryl methyl sites for hydroxylation is 2. The highest BCUT2D eigenvalue weighted by Crippen LogP contribution is 2.23. The lowest BCUT2D eigenvalue weighted by Gasteiger charge is -2.17. The molecule has 0 aliphatic carbocycles. The van der Waals surface area contributed by atoms with Gasteiger partial charge >= 0.3 is 0 Å².